The molecule has 0 saturated carbocycles. The van der Waals surface area contributed by atoms with Gasteiger partial charge in [0.1, 0.15) is 11.5 Å². The molecule has 0 radical (unpaired) electrons. The van der Waals surface area contributed by atoms with Crippen LogP contribution in [0.1, 0.15) is 23.3 Å². The summed E-state index contributed by atoms with van der Waals surface area (Å²) in [5.41, 5.74) is 7.90. The number of nitrogens with two attached hydrogens (primary N) is 1. The summed E-state index contributed by atoms with van der Waals surface area (Å²) in [6.45, 7) is 7.10. The minimum Gasteiger partial charge on any atom is -0.377 e. The zero-order valence-electron chi connectivity index (χ0n) is 23.2. The van der Waals surface area contributed by atoms with Gasteiger partial charge in [0.25, 0.3) is 5.91 Å². The molecule has 1 aromatic carbocycles. The molecule has 0 unspecified atom stereocenters. The molecule has 4 N–H and O–H groups in total. The van der Waals surface area contributed by atoms with Gasteiger partial charge in [-0.05, 0) is 50.2 Å². The SMILES string of the molecule is CN1CCN(C2CCN(c3ccc(Nc4nc(NC5COC5)c(-c5ccncc5)nc4C(N)=O)cc3F)CC2)CC1. The van der Waals surface area contributed by atoms with E-state index in [1.807, 2.05) is 0 Å². The Morgan fingerprint density at radius 3 is 2.37 bits per heavy atom. The summed E-state index contributed by atoms with van der Waals surface area (Å²) in [4.78, 5) is 32.8. The fraction of sp³-hybridized carbons (Fsp3) is 0.448. The standard InChI is InChI=1S/C29H36FN9O2/c1-37-12-14-38(15-13-37)22-6-10-39(11-7-22)24-3-2-20(16-23(24)30)33-29-26(27(31)40)35-25(19-4-8-32-9-5-19)28(36-29)34-21-17-41-18-21/h2-5,8-9,16,21-22H,6-7,10-15,17-18H2,1H3,(H2,31,40)(H2,33,34,36). The number of primary amides is 1. The smallest absolute Gasteiger partial charge is 0.271 e. The number of carbonyl (C=O) groups excluding carboxylic acids is 1. The Morgan fingerprint density at radius 1 is 1.00 bits per heavy atom. The zero-order valence-corrected chi connectivity index (χ0v) is 23.2. The van der Waals surface area contributed by atoms with Crippen LogP contribution in [0.3, 0.4) is 0 Å². The first-order valence-corrected chi connectivity index (χ1v) is 14.2. The van der Waals surface area contributed by atoms with Gasteiger partial charge in [-0.3, -0.25) is 14.7 Å². The third kappa shape index (κ3) is 6.09. The summed E-state index contributed by atoms with van der Waals surface area (Å²) in [6.07, 6.45) is 5.32. The highest BCUT2D eigenvalue weighted by Gasteiger charge is 2.28. The quantitative estimate of drug-likeness (QED) is 0.378. The lowest BCUT2D eigenvalue weighted by molar-refractivity contribution is 0.0209. The average Bonchev–Trinajstić information content (AvgIpc) is 2.96. The normalized spacial score (nSPS) is 19.1. The Kier molecular flexibility index (Phi) is 7.95. The van der Waals surface area contributed by atoms with Gasteiger partial charge in [-0.25, -0.2) is 14.4 Å². The van der Waals surface area contributed by atoms with Gasteiger partial charge in [-0.1, -0.05) is 0 Å². The maximum Gasteiger partial charge on any atom is 0.271 e. The van der Waals surface area contributed by atoms with Crippen molar-refractivity contribution in [2.45, 2.75) is 24.9 Å². The van der Waals surface area contributed by atoms with E-state index in [1.165, 1.54) is 6.07 Å². The molecule has 0 aliphatic carbocycles. The van der Waals surface area contributed by atoms with Crippen LogP contribution < -0.4 is 21.3 Å². The predicted molar refractivity (Wildman–Crippen MR) is 156 cm³/mol. The van der Waals surface area contributed by atoms with E-state index in [4.69, 9.17) is 10.5 Å². The summed E-state index contributed by atoms with van der Waals surface area (Å²) < 4.78 is 20.7. The number of likely N-dealkylation sites (N-methyl/N-ethyl adjacent to an activating group) is 1. The summed E-state index contributed by atoms with van der Waals surface area (Å²) in [7, 11) is 2.17. The molecule has 0 atom stereocenters. The first-order chi connectivity index (χ1) is 19.9. The molecule has 12 heteroatoms. The number of halogens is 1. The topological polar surface area (TPSA) is 125 Å². The van der Waals surface area contributed by atoms with Gasteiger partial charge in [0, 0.05) is 69.0 Å². The first-order valence-electron chi connectivity index (χ1n) is 14.2. The highest BCUT2D eigenvalue weighted by Crippen LogP contribution is 2.32. The number of piperidine rings is 1. The second kappa shape index (κ2) is 11.9. The minimum absolute atomic E-state index is 0.0392. The minimum atomic E-state index is -0.742. The van der Waals surface area contributed by atoms with Crippen LogP contribution in [-0.4, -0.2) is 102 Å². The highest BCUT2D eigenvalue weighted by atomic mass is 19.1. The summed E-state index contributed by atoms with van der Waals surface area (Å²) in [5, 5.41) is 6.41. The van der Waals surface area contributed by atoms with Crippen molar-refractivity contribution in [1.82, 2.24) is 24.8 Å². The zero-order chi connectivity index (χ0) is 28.3. The van der Waals surface area contributed by atoms with E-state index in [0.717, 1.165) is 57.7 Å². The molecule has 3 saturated heterocycles. The fourth-order valence-electron chi connectivity index (χ4n) is 5.66. The Balaban J connectivity index is 1.20. The molecule has 3 aromatic rings. The molecule has 216 valence electrons. The molecule has 3 fully saturated rings. The van der Waals surface area contributed by atoms with Crippen LogP contribution in [0.5, 0.6) is 0 Å². The molecular formula is C29H36FN9O2. The number of nitrogens with zero attached hydrogens (tertiary/aromatic N) is 6. The van der Waals surface area contributed by atoms with E-state index in [9.17, 15) is 4.79 Å². The first kappa shape index (κ1) is 27.3. The molecule has 0 bridgehead atoms. The van der Waals surface area contributed by atoms with Gasteiger partial charge in [-0.15, -0.1) is 0 Å². The van der Waals surface area contributed by atoms with Gasteiger partial charge >= 0.3 is 0 Å². The Bertz CT molecular complexity index is 1370. The number of piperazine rings is 1. The molecular weight excluding hydrogens is 525 g/mol. The molecule has 11 nitrogen and oxygen atoms in total. The fourth-order valence-corrected chi connectivity index (χ4v) is 5.66. The monoisotopic (exact) mass is 561 g/mol. The van der Waals surface area contributed by atoms with Crippen LogP contribution in [0.25, 0.3) is 11.3 Å². The van der Waals surface area contributed by atoms with Crippen molar-refractivity contribution in [1.29, 1.82) is 0 Å². The van der Waals surface area contributed by atoms with E-state index in [0.29, 0.717) is 42.1 Å². The second-order valence-corrected chi connectivity index (χ2v) is 10.9. The molecule has 3 aliphatic rings. The van der Waals surface area contributed by atoms with Gasteiger partial charge in [0.05, 0.1) is 24.9 Å². The van der Waals surface area contributed by atoms with Crippen molar-refractivity contribution in [3.63, 3.8) is 0 Å². The summed E-state index contributed by atoms with van der Waals surface area (Å²) in [5.74, 6) is -0.454. The summed E-state index contributed by atoms with van der Waals surface area (Å²) >= 11 is 0. The van der Waals surface area contributed by atoms with E-state index < -0.39 is 5.91 Å². The van der Waals surface area contributed by atoms with Crippen LogP contribution in [0.15, 0.2) is 42.7 Å². The van der Waals surface area contributed by atoms with E-state index in [-0.39, 0.29) is 23.4 Å². The maximum atomic E-state index is 15.4. The van der Waals surface area contributed by atoms with Crippen LogP contribution in [0.2, 0.25) is 0 Å². The largest absolute Gasteiger partial charge is 0.377 e. The lowest BCUT2D eigenvalue weighted by atomic mass is 10.0. The number of rotatable bonds is 8. The van der Waals surface area contributed by atoms with Crippen molar-refractivity contribution in [2.75, 3.05) is 75.1 Å². The molecule has 5 heterocycles. The number of hydrogen-bond acceptors (Lipinski definition) is 10. The van der Waals surface area contributed by atoms with Crippen molar-refractivity contribution in [3.8, 4) is 11.3 Å². The maximum absolute atomic E-state index is 15.4. The van der Waals surface area contributed by atoms with Gasteiger partial charge in [0.2, 0.25) is 0 Å². The lowest BCUT2D eigenvalue weighted by Gasteiger charge is -2.42. The third-order valence-corrected chi connectivity index (χ3v) is 8.13. The molecule has 0 spiro atoms. The number of amides is 1. The molecule has 41 heavy (non-hydrogen) atoms. The number of pyridine rings is 1. The molecule has 2 aromatic heterocycles. The van der Waals surface area contributed by atoms with Gasteiger partial charge in [0.15, 0.2) is 17.3 Å². The number of benzene rings is 1. The van der Waals surface area contributed by atoms with Crippen LogP contribution >= 0.6 is 0 Å². The van der Waals surface area contributed by atoms with Gasteiger partial charge < -0.3 is 30.9 Å². The van der Waals surface area contributed by atoms with E-state index in [1.54, 1.807) is 36.7 Å². The number of hydrogen-bond donors (Lipinski definition) is 3. The third-order valence-electron chi connectivity index (χ3n) is 8.13. The van der Waals surface area contributed by atoms with E-state index in [2.05, 4.69) is 47.3 Å². The Morgan fingerprint density at radius 2 is 1.73 bits per heavy atom. The predicted octanol–water partition coefficient (Wildman–Crippen LogP) is 2.55. The molecule has 3 aliphatic heterocycles. The number of ether oxygens (including phenoxy) is 1. The van der Waals surface area contributed by atoms with Crippen molar-refractivity contribution >= 4 is 28.9 Å². The van der Waals surface area contributed by atoms with Crippen molar-refractivity contribution in [2.24, 2.45) is 5.73 Å². The number of anilines is 4. The van der Waals surface area contributed by atoms with Crippen LogP contribution in [0, 0.1) is 5.82 Å². The number of aromatic nitrogens is 3. The average molecular weight is 562 g/mol. The van der Waals surface area contributed by atoms with Crippen molar-refractivity contribution in [3.05, 3.63) is 54.2 Å². The number of carbonyl (C=O) groups is 1. The van der Waals surface area contributed by atoms with E-state index >= 15 is 4.39 Å². The molecule has 1 amide bonds. The summed E-state index contributed by atoms with van der Waals surface area (Å²) in [6, 6.07) is 9.19. The van der Waals surface area contributed by atoms with Crippen LogP contribution in [0.4, 0.5) is 27.4 Å². The Labute approximate surface area is 238 Å². The van der Waals surface area contributed by atoms with Crippen LogP contribution in [-0.2, 0) is 4.74 Å². The highest BCUT2D eigenvalue weighted by molar-refractivity contribution is 5.97. The molecule has 6 rings (SSSR count). The van der Waals surface area contributed by atoms with Gasteiger partial charge in [-0.2, -0.15) is 0 Å². The van der Waals surface area contributed by atoms with Crippen molar-refractivity contribution < 1.29 is 13.9 Å². The second-order valence-electron chi connectivity index (χ2n) is 10.9. The lowest BCUT2D eigenvalue weighted by Crippen LogP contribution is -2.52. The number of nitrogens with one attached hydrogen (secondary N) is 2. The Hall–Kier alpha value is -3.87.